The quantitative estimate of drug-likeness (QED) is 0.836. The average molecular weight is 303 g/mol. The third kappa shape index (κ3) is 4.55. The van der Waals surface area contributed by atoms with Gasteiger partial charge in [-0.2, -0.15) is 0 Å². The second-order valence-corrected chi connectivity index (χ2v) is 6.87. The van der Waals surface area contributed by atoms with E-state index < -0.39 is 0 Å². The van der Waals surface area contributed by atoms with E-state index in [0.29, 0.717) is 12.1 Å². The molecule has 0 spiro atoms. The van der Waals surface area contributed by atoms with Crippen molar-refractivity contribution in [3.8, 4) is 0 Å². The summed E-state index contributed by atoms with van der Waals surface area (Å²) in [7, 11) is 0. The SMILES string of the molecule is CC(C)NCc1cnccc1N(Cc1cccs1)C(C)C. The number of hydrogen-bond acceptors (Lipinski definition) is 4. The third-order valence-electron chi connectivity index (χ3n) is 3.42. The molecule has 0 atom stereocenters. The Labute approximate surface area is 132 Å². The first-order valence-corrected chi connectivity index (χ1v) is 8.41. The van der Waals surface area contributed by atoms with Crippen molar-refractivity contribution in [2.45, 2.75) is 52.9 Å². The van der Waals surface area contributed by atoms with Gasteiger partial charge in [-0.15, -0.1) is 11.3 Å². The molecule has 0 fully saturated rings. The summed E-state index contributed by atoms with van der Waals surface area (Å²) in [5.41, 5.74) is 2.54. The molecule has 21 heavy (non-hydrogen) atoms. The van der Waals surface area contributed by atoms with Crippen LogP contribution in [-0.4, -0.2) is 17.1 Å². The largest absolute Gasteiger partial charge is 0.364 e. The fraction of sp³-hybridized carbons (Fsp3) is 0.471. The molecule has 2 rings (SSSR count). The molecule has 3 nitrogen and oxygen atoms in total. The van der Waals surface area contributed by atoms with E-state index in [1.54, 1.807) is 0 Å². The van der Waals surface area contributed by atoms with Crippen LogP contribution in [0.25, 0.3) is 0 Å². The molecule has 2 aromatic heterocycles. The zero-order valence-corrected chi connectivity index (χ0v) is 14.2. The van der Waals surface area contributed by atoms with Gasteiger partial charge >= 0.3 is 0 Å². The normalized spacial score (nSPS) is 11.3. The van der Waals surface area contributed by atoms with Crippen LogP contribution in [0.2, 0.25) is 0 Å². The Morgan fingerprint density at radius 2 is 2.05 bits per heavy atom. The van der Waals surface area contributed by atoms with E-state index in [1.165, 1.54) is 16.1 Å². The van der Waals surface area contributed by atoms with Gasteiger partial charge in [-0.25, -0.2) is 0 Å². The monoisotopic (exact) mass is 303 g/mol. The highest BCUT2D eigenvalue weighted by molar-refractivity contribution is 7.09. The van der Waals surface area contributed by atoms with Crippen LogP contribution in [0.15, 0.2) is 36.0 Å². The molecule has 0 aromatic carbocycles. The number of nitrogens with zero attached hydrogens (tertiary/aromatic N) is 2. The lowest BCUT2D eigenvalue weighted by Crippen LogP contribution is -2.32. The number of anilines is 1. The van der Waals surface area contributed by atoms with Crippen LogP contribution in [0.5, 0.6) is 0 Å². The van der Waals surface area contributed by atoms with Crippen LogP contribution in [0.3, 0.4) is 0 Å². The zero-order chi connectivity index (χ0) is 15.2. The second kappa shape index (κ2) is 7.57. The third-order valence-corrected chi connectivity index (χ3v) is 4.28. The number of thiophene rings is 1. The smallest absolute Gasteiger partial charge is 0.0525 e. The molecule has 0 unspecified atom stereocenters. The van der Waals surface area contributed by atoms with Gasteiger partial charge in [0, 0.05) is 47.2 Å². The van der Waals surface area contributed by atoms with E-state index in [-0.39, 0.29) is 0 Å². The fourth-order valence-corrected chi connectivity index (χ4v) is 2.97. The molecule has 0 amide bonds. The zero-order valence-electron chi connectivity index (χ0n) is 13.3. The lowest BCUT2D eigenvalue weighted by molar-refractivity contribution is 0.584. The molecule has 0 saturated carbocycles. The minimum atomic E-state index is 0.451. The summed E-state index contributed by atoms with van der Waals surface area (Å²) in [5, 5.41) is 5.63. The van der Waals surface area contributed by atoms with Gasteiger partial charge in [0.1, 0.15) is 0 Å². The number of nitrogens with one attached hydrogen (secondary N) is 1. The Bertz CT molecular complexity index is 535. The maximum atomic E-state index is 4.30. The Balaban J connectivity index is 2.23. The van der Waals surface area contributed by atoms with E-state index in [1.807, 2.05) is 23.7 Å². The molecule has 0 bridgehead atoms. The molecule has 0 aliphatic carbocycles. The van der Waals surface area contributed by atoms with Crippen molar-refractivity contribution in [2.75, 3.05) is 4.90 Å². The molecular formula is C17H25N3S. The number of pyridine rings is 1. The molecule has 4 heteroatoms. The minimum absolute atomic E-state index is 0.451. The van der Waals surface area contributed by atoms with Gasteiger partial charge < -0.3 is 10.2 Å². The summed E-state index contributed by atoms with van der Waals surface area (Å²) in [6, 6.07) is 7.37. The first-order valence-electron chi connectivity index (χ1n) is 7.53. The average Bonchev–Trinajstić information content (AvgIpc) is 2.95. The van der Waals surface area contributed by atoms with Gasteiger partial charge in [0.25, 0.3) is 0 Å². The van der Waals surface area contributed by atoms with Crippen molar-refractivity contribution in [3.05, 3.63) is 46.4 Å². The summed E-state index contributed by atoms with van der Waals surface area (Å²) in [6.07, 6.45) is 3.87. The Kier molecular flexibility index (Phi) is 5.76. The Hall–Kier alpha value is -1.39. The highest BCUT2D eigenvalue weighted by atomic mass is 32.1. The first kappa shape index (κ1) is 16.0. The highest BCUT2D eigenvalue weighted by Crippen LogP contribution is 2.25. The van der Waals surface area contributed by atoms with Crippen LogP contribution in [0, 0.1) is 0 Å². The Morgan fingerprint density at radius 3 is 2.67 bits per heavy atom. The van der Waals surface area contributed by atoms with Crippen molar-refractivity contribution < 1.29 is 0 Å². The van der Waals surface area contributed by atoms with Crippen molar-refractivity contribution in [2.24, 2.45) is 0 Å². The predicted octanol–water partition coefficient (Wildman–Crippen LogP) is 4.06. The molecule has 2 aromatic rings. The van der Waals surface area contributed by atoms with E-state index in [9.17, 15) is 0 Å². The van der Waals surface area contributed by atoms with Crippen molar-refractivity contribution in [1.82, 2.24) is 10.3 Å². The summed E-state index contributed by atoms with van der Waals surface area (Å²) in [5.74, 6) is 0. The lowest BCUT2D eigenvalue weighted by Gasteiger charge is -2.30. The summed E-state index contributed by atoms with van der Waals surface area (Å²) in [6.45, 7) is 10.6. The van der Waals surface area contributed by atoms with Gasteiger partial charge in [0.15, 0.2) is 0 Å². The summed E-state index contributed by atoms with van der Waals surface area (Å²) in [4.78, 5) is 8.14. The minimum Gasteiger partial charge on any atom is -0.364 e. The molecule has 2 heterocycles. The van der Waals surface area contributed by atoms with Gasteiger partial charge in [-0.1, -0.05) is 19.9 Å². The Morgan fingerprint density at radius 1 is 1.24 bits per heavy atom. The van der Waals surface area contributed by atoms with Gasteiger partial charge in [0.2, 0.25) is 0 Å². The summed E-state index contributed by atoms with van der Waals surface area (Å²) >= 11 is 1.81. The fourth-order valence-electron chi connectivity index (χ4n) is 2.27. The van der Waals surface area contributed by atoms with Crippen LogP contribution in [0.1, 0.15) is 38.1 Å². The molecular weight excluding hydrogens is 278 g/mol. The lowest BCUT2D eigenvalue weighted by atomic mass is 10.1. The highest BCUT2D eigenvalue weighted by Gasteiger charge is 2.15. The molecule has 0 radical (unpaired) electrons. The molecule has 0 aliphatic heterocycles. The number of rotatable bonds is 7. The van der Waals surface area contributed by atoms with Crippen LogP contribution in [0.4, 0.5) is 5.69 Å². The molecule has 1 N–H and O–H groups in total. The molecule has 0 aliphatic rings. The van der Waals surface area contributed by atoms with Crippen molar-refractivity contribution in [1.29, 1.82) is 0 Å². The van der Waals surface area contributed by atoms with E-state index in [0.717, 1.165) is 13.1 Å². The van der Waals surface area contributed by atoms with Gasteiger partial charge in [0.05, 0.1) is 6.54 Å². The van der Waals surface area contributed by atoms with Crippen LogP contribution < -0.4 is 10.2 Å². The topological polar surface area (TPSA) is 28.2 Å². The van der Waals surface area contributed by atoms with E-state index >= 15 is 0 Å². The van der Waals surface area contributed by atoms with E-state index in [4.69, 9.17) is 0 Å². The molecule has 0 saturated heterocycles. The maximum Gasteiger partial charge on any atom is 0.0525 e. The summed E-state index contributed by atoms with van der Waals surface area (Å²) < 4.78 is 0. The number of hydrogen-bond donors (Lipinski definition) is 1. The van der Waals surface area contributed by atoms with Crippen LogP contribution in [-0.2, 0) is 13.1 Å². The van der Waals surface area contributed by atoms with Crippen molar-refractivity contribution in [3.63, 3.8) is 0 Å². The second-order valence-electron chi connectivity index (χ2n) is 5.84. The van der Waals surface area contributed by atoms with Crippen molar-refractivity contribution >= 4 is 17.0 Å². The maximum absolute atomic E-state index is 4.30. The molecule has 114 valence electrons. The predicted molar refractivity (Wildman–Crippen MR) is 91.9 cm³/mol. The van der Waals surface area contributed by atoms with Gasteiger partial charge in [-0.05, 0) is 31.4 Å². The van der Waals surface area contributed by atoms with E-state index in [2.05, 4.69) is 66.5 Å². The van der Waals surface area contributed by atoms with Gasteiger partial charge in [-0.3, -0.25) is 4.98 Å². The standard InChI is InChI=1S/C17H25N3S/c1-13(2)19-11-15-10-18-8-7-17(15)20(14(3)4)12-16-6-5-9-21-16/h5-10,13-14,19H,11-12H2,1-4H3. The number of aromatic nitrogens is 1. The van der Waals surface area contributed by atoms with Crippen LogP contribution >= 0.6 is 11.3 Å². The first-order chi connectivity index (χ1) is 10.1.